The van der Waals surface area contributed by atoms with Gasteiger partial charge in [-0.3, -0.25) is 14.5 Å². The van der Waals surface area contributed by atoms with E-state index in [1.807, 2.05) is 30.3 Å². The highest BCUT2D eigenvalue weighted by atomic mass is 16.5. The van der Waals surface area contributed by atoms with Gasteiger partial charge in [-0.25, -0.2) is 0 Å². The molecule has 6 nitrogen and oxygen atoms in total. The Balaban J connectivity index is 1.77. The number of hydrogen-bond donors (Lipinski definition) is 2. The van der Waals surface area contributed by atoms with Crippen LogP contribution in [0.4, 0.5) is 5.69 Å². The number of aliphatic carboxylic acids is 1. The molecule has 1 amide bonds. The van der Waals surface area contributed by atoms with Gasteiger partial charge in [0, 0.05) is 12.2 Å². The van der Waals surface area contributed by atoms with Crippen LogP contribution in [0.2, 0.25) is 0 Å². The van der Waals surface area contributed by atoms with Crippen molar-refractivity contribution in [2.75, 3.05) is 25.5 Å². The monoisotopic (exact) mass is 342 g/mol. The summed E-state index contributed by atoms with van der Waals surface area (Å²) in [5.74, 6) is -0.343. The molecule has 0 atom stereocenters. The third kappa shape index (κ3) is 7.05. The van der Waals surface area contributed by atoms with E-state index in [4.69, 9.17) is 9.84 Å². The van der Waals surface area contributed by atoms with E-state index in [1.54, 1.807) is 36.2 Å². The molecule has 2 rings (SSSR count). The minimum atomic E-state index is -0.877. The average Bonchev–Trinajstić information content (AvgIpc) is 2.60. The van der Waals surface area contributed by atoms with Crippen LogP contribution in [0.15, 0.2) is 54.6 Å². The fraction of sp³-hybridized carbons (Fsp3) is 0.263. The maximum absolute atomic E-state index is 11.9. The Bertz CT molecular complexity index is 686. The molecule has 2 aromatic rings. The summed E-state index contributed by atoms with van der Waals surface area (Å²) in [6.45, 7) is 0.954. The van der Waals surface area contributed by atoms with Crippen molar-refractivity contribution in [3.05, 3.63) is 60.2 Å². The van der Waals surface area contributed by atoms with E-state index in [0.29, 0.717) is 18.8 Å². The molecule has 0 aliphatic rings. The first-order chi connectivity index (χ1) is 12.0. The number of carbonyl (C=O) groups excluding carboxylic acids is 1. The largest absolute Gasteiger partial charge is 0.489 e. The number of nitrogens with zero attached hydrogens (tertiary/aromatic N) is 1. The molecular formula is C19H22N2O4. The number of carboxylic acid groups (broad SMARTS) is 1. The molecule has 0 saturated heterocycles. The van der Waals surface area contributed by atoms with E-state index in [1.165, 1.54) is 0 Å². The SMILES string of the molecule is CN(CCC(=O)O)CC(=O)Nc1ccc(OCc2ccccc2)cc1. The van der Waals surface area contributed by atoms with Crippen molar-refractivity contribution in [1.29, 1.82) is 0 Å². The van der Waals surface area contributed by atoms with Gasteiger partial charge in [0.1, 0.15) is 12.4 Å². The molecule has 0 saturated carbocycles. The smallest absolute Gasteiger partial charge is 0.304 e. The molecule has 25 heavy (non-hydrogen) atoms. The highest BCUT2D eigenvalue weighted by Crippen LogP contribution is 2.17. The van der Waals surface area contributed by atoms with Crippen LogP contribution in [0.3, 0.4) is 0 Å². The summed E-state index contributed by atoms with van der Waals surface area (Å²) in [6.07, 6.45) is 0.0111. The number of benzene rings is 2. The Morgan fingerprint density at radius 1 is 1.08 bits per heavy atom. The van der Waals surface area contributed by atoms with Crippen molar-refractivity contribution < 1.29 is 19.4 Å². The van der Waals surface area contributed by atoms with Gasteiger partial charge in [0.2, 0.25) is 5.91 Å². The van der Waals surface area contributed by atoms with Gasteiger partial charge in [-0.15, -0.1) is 0 Å². The molecule has 0 aromatic heterocycles. The maximum atomic E-state index is 11.9. The van der Waals surface area contributed by atoms with Gasteiger partial charge in [0.15, 0.2) is 0 Å². The molecule has 132 valence electrons. The zero-order valence-electron chi connectivity index (χ0n) is 14.1. The number of amides is 1. The van der Waals surface area contributed by atoms with Gasteiger partial charge in [-0.05, 0) is 36.9 Å². The number of rotatable bonds is 9. The van der Waals surface area contributed by atoms with E-state index in [0.717, 1.165) is 11.3 Å². The topological polar surface area (TPSA) is 78.9 Å². The van der Waals surface area contributed by atoms with Crippen molar-refractivity contribution >= 4 is 17.6 Å². The Morgan fingerprint density at radius 3 is 2.40 bits per heavy atom. The highest BCUT2D eigenvalue weighted by Gasteiger charge is 2.08. The van der Waals surface area contributed by atoms with Gasteiger partial charge in [-0.1, -0.05) is 30.3 Å². The lowest BCUT2D eigenvalue weighted by atomic mass is 10.2. The minimum absolute atomic E-state index is 0.0111. The first-order valence-corrected chi connectivity index (χ1v) is 8.00. The third-order valence-corrected chi connectivity index (χ3v) is 3.51. The summed E-state index contributed by atoms with van der Waals surface area (Å²) in [5.41, 5.74) is 1.76. The van der Waals surface area contributed by atoms with Crippen LogP contribution in [-0.4, -0.2) is 42.0 Å². The second kappa shape index (κ2) is 9.44. The van der Waals surface area contributed by atoms with Gasteiger partial charge in [0.05, 0.1) is 13.0 Å². The minimum Gasteiger partial charge on any atom is -0.489 e. The molecule has 6 heteroatoms. The molecule has 2 N–H and O–H groups in total. The summed E-state index contributed by atoms with van der Waals surface area (Å²) >= 11 is 0. The summed E-state index contributed by atoms with van der Waals surface area (Å²) in [5, 5.41) is 11.4. The molecular weight excluding hydrogens is 320 g/mol. The van der Waals surface area contributed by atoms with E-state index < -0.39 is 5.97 Å². The molecule has 0 aliphatic carbocycles. The van der Waals surface area contributed by atoms with E-state index in [9.17, 15) is 9.59 Å². The Hall–Kier alpha value is -2.86. The van der Waals surface area contributed by atoms with Crippen LogP contribution in [0, 0.1) is 0 Å². The second-order valence-corrected chi connectivity index (χ2v) is 5.73. The molecule has 0 radical (unpaired) electrons. The van der Waals surface area contributed by atoms with Crippen molar-refractivity contribution in [2.24, 2.45) is 0 Å². The number of hydrogen-bond acceptors (Lipinski definition) is 4. The number of likely N-dealkylation sites (N-methyl/N-ethyl adjacent to an activating group) is 1. The number of carboxylic acids is 1. The second-order valence-electron chi connectivity index (χ2n) is 5.73. The van der Waals surface area contributed by atoms with E-state index in [2.05, 4.69) is 5.32 Å². The summed E-state index contributed by atoms with van der Waals surface area (Å²) in [7, 11) is 1.71. The standard InChI is InChI=1S/C19H22N2O4/c1-21(12-11-19(23)24)13-18(22)20-16-7-9-17(10-8-16)25-14-15-5-3-2-4-6-15/h2-10H,11-14H2,1H3,(H,20,22)(H,23,24). The fourth-order valence-corrected chi connectivity index (χ4v) is 2.19. The number of ether oxygens (including phenoxy) is 1. The van der Waals surface area contributed by atoms with Crippen molar-refractivity contribution in [3.63, 3.8) is 0 Å². The Kier molecular flexibility index (Phi) is 6.98. The average molecular weight is 342 g/mol. The normalized spacial score (nSPS) is 10.5. The number of nitrogens with one attached hydrogen (secondary N) is 1. The molecule has 2 aromatic carbocycles. The quantitative estimate of drug-likeness (QED) is 0.732. The maximum Gasteiger partial charge on any atom is 0.304 e. The van der Waals surface area contributed by atoms with Crippen LogP contribution in [0.25, 0.3) is 0 Å². The highest BCUT2D eigenvalue weighted by molar-refractivity contribution is 5.92. The first-order valence-electron chi connectivity index (χ1n) is 8.00. The van der Waals surface area contributed by atoms with Crippen LogP contribution < -0.4 is 10.1 Å². The lowest BCUT2D eigenvalue weighted by Gasteiger charge is -2.15. The van der Waals surface area contributed by atoms with Crippen molar-refractivity contribution in [2.45, 2.75) is 13.0 Å². The van der Waals surface area contributed by atoms with Crippen LogP contribution in [0.5, 0.6) is 5.75 Å². The van der Waals surface area contributed by atoms with Gasteiger partial charge < -0.3 is 15.2 Å². The summed E-state index contributed by atoms with van der Waals surface area (Å²) in [4.78, 5) is 24.1. The first kappa shape index (κ1) is 18.5. The number of anilines is 1. The van der Waals surface area contributed by atoms with E-state index >= 15 is 0 Å². The predicted octanol–water partition coefficient (Wildman–Crippen LogP) is 2.61. The van der Waals surface area contributed by atoms with E-state index in [-0.39, 0.29) is 18.9 Å². The van der Waals surface area contributed by atoms with Gasteiger partial charge in [-0.2, -0.15) is 0 Å². The Morgan fingerprint density at radius 2 is 1.76 bits per heavy atom. The van der Waals surface area contributed by atoms with Crippen LogP contribution >= 0.6 is 0 Å². The molecule has 0 heterocycles. The van der Waals surface area contributed by atoms with Gasteiger partial charge in [0.25, 0.3) is 0 Å². The molecule has 0 fully saturated rings. The van der Waals surface area contributed by atoms with Crippen LogP contribution in [-0.2, 0) is 16.2 Å². The molecule has 0 spiro atoms. The zero-order valence-corrected chi connectivity index (χ0v) is 14.1. The predicted molar refractivity (Wildman–Crippen MR) is 95.6 cm³/mol. The molecule has 0 unspecified atom stereocenters. The molecule has 0 aliphatic heterocycles. The van der Waals surface area contributed by atoms with Crippen LogP contribution in [0.1, 0.15) is 12.0 Å². The number of carbonyl (C=O) groups is 2. The lowest BCUT2D eigenvalue weighted by Crippen LogP contribution is -2.31. The third-order valence-electron chi connectivity index (χ3n) is 3.51. The summed E-state index contributed by atoms with van der Waals surface area (Å²) < 4.78 is 5.69. The Labute approximate surface area is 147 Å². The fourth-order valence-electron chi connectivity index (χ4n) is 2.19. The van der Waals surface area contributed by atoms with Crippen molar-refractivity contribution in [1.82, 2.24) is 4.90 Å². The van der Waals surface area contributed by atoms with Gasteiger partial charge >= 0.3 is 5.97 Å². The lowest BCUT2D eigenvalue weighted by molar-refractivity contribution is -0.137. The zero-order chi connectivity index (χ0) is 18.1. The summed E-state index contributed by atoms with van der Waals surface area (Å²) in [6, 6.07) is 17.0. The van der Waals surface area contributed by atoms with Crippen molar-refractivity contribution in [3.8, 4) is 5.75 Å². The molecule has 0 bridgehead atoms.